The van der Waals surface area contributed by atoms with Crippen molar-refractivity contribution < 1.29 is 9.53 Å². The van der Waals surface area contributed by atoms with Crippen molar-refractivity contribution in [3.8, 4) is 0 Å². The van der Waals surface area contributed by atoms with Gasteiger partial charge in [-0.2, -0.15) is 0 Å². The van der Waals surface area contributed by atoms with Gasteiger partial charge in [-0.15, -0.1) is 0 Å². The van der Waals surface area contributed by atoms with E-state index in [2.05, 4.69) is 14.7 Å². The van der Waals surface area contributed by atoms with Crippen molar-refractivity contribution in [2.75, 3.05) is 12.8 Å². The molecule has 2 N–H and O–H groups in total. The van der Waals surface area contributed by atoms with E-state index >= 15 is 0 Å². The van der Waals surface area contributed by atoms with Crippen LogP contribution in [-0.2, 0) is 10.2 Å². The predicted molar refractivity (Wildman–Crippen MR) is 61.2 cm³/mol. The lowest BCUT2D eigenvalue weighted by molar-refractivity contribution is 0.0600. The molecular formula is C11H17N3O2. The van der Waals surface area contributed by atoms with Gasteiger partial charge in [-0.3, -0.25) is 0 Å². The number of esters is 1. The first-order valence-corrected chi connectivity index (χ1v) is 5.00. The number of carbonyl (C=O) groups excluding carboxylic acids is 1. The summed E-state index contributed by atoms with van der Waals surface area (Å²) in [5.41, 5.74) is 6.33. The summed E-state index contributed by atoms with van der Waals surface area (Å²) in [5, 5.41) is 0. The third kappa shape index (κ3) is 2.29. The Morgan fingerprint density at radius 1 is 1.31 bits per heavy atom. The van der Waals surface area contributed by atoms with E-state index in [4.69, 9.17) is 5.73 Å². The molecule has 0 saturated carbocycles. The third-order valence-corrected chi connectivity index (χ3v) is 2.18. The van der Waals surface area contributed by atoms with Crippen LogP contribution in [0.3, 0.4) is 0 Å². The molecule has 1 aromatic heterocycles. The molecular weight excluding hydrogens is 206 g/mol. The van der Waals surface area contributed by atoms with Crippen LogP contribution in [0.25, 0.3) is 0 Å². The van der Waals surface area contributed by atoms with Gasteiger partial charge in [-0.1, -0.05) is 20.8 Å². The average molecular weight is 223 g/mol. The largest absolute Gasteiger partial charge is 0.465 e. The van der Waals surface area contributed by atoms with Crippen LogP contribution in [0.2, 0.25) is 0 Å². The van der Waals surface area contributed by atoms with E-state index in [1.807, 2.05) is 20.8 Å². The molecule has 0 aliphatic carbocycles. The number of nitrogens with zero attached hydrogens (tertiary/aromatic N) is 2. The number of methoxy groups -OCH3 is 1. The number of anilines is 1. The summed E-state index contributed by atoms with van der Waals surface area (Å²) in [4.78, 5) is 19.9. The van der Waals surface area contributed by atoms with Gasteiger partial charge in [0.2, 0.25) is 0 Å². The smallest absolute Gasteiger partial charge is 0.343 e. The fraction of sp³-hybridized carbons (Fsp3) is 0.545. The molecule has 0 aromatic carbocycles. The zero-order valence-electron chi connectivity index (χ0n) is 10.3. The molecule has 16 heavy (non-hydrogen) atoms. The minimum Gasteiger partial charge on any atom is -0.465 e. The molecule has 5 heteroatoms. The Bertz CT molecular complexity index is 399. The molecule has 5 nitrogen and oxygen atoms in total. The molecule has 0 fully saturated rings. The average Bonchev–Trinajstić information content (AvgIpc) is 2.14. The normalized spacial score (nSPS) is 11.3. The Hall–Kier alpha value is -1.65. The number of ether oxygens (including phenoxy) is 1. The number of nitrogens with two attached hydrogens (primary N) is 1. The maximum absolute atomic E-state index is 11.4. The third-order valence-electron chi connectivity index (χ3n) is 2.18. The highest BCUT2D eigenvalue weighted by Crippen LogP contribution is 2.22. The summed E-state index contributed by atoms with van der Waals surface area (Å²) in [6.07, 6.45) is 0. The van der Waals surface area contributed by atoms with E-state index in [9.17, 15) is 4.79 Å². The number of rotatable bonds is 1. The maximum atomic E-state index is 11.4. The van der Waals surface area contributed by atoms with Gasteiger partial charge in [0.25, 0.3) is 0 Å². The number of nitrogen functional groups attached to an aromatic ring is 1. The molecule has 0 spiro atoms. The SMILES string of the molecule is COC(=O)c1c(C)nc(C(C)(C)C)nc1N. The second kappa shape index (κ2) is 4.08. The Morgan fingerprint density at radius 2 is 1.88 bits per heavy atom. The summed E-state index contributed by atoms with van der Waals surface area (Å²) in [6, 6.07) is 0. The lowest BCUT2D eigenvalue weighted by Crippen LogP contribution is -2.20. The van der Waals surface area contributed by atoms with E-state index < -0.39 is 5.97 Å². The van der Waals surface area contributed by atoms with Gasteiger partial charge in [0.05, 0.1) is 12.8 Å². The fourth-order valence-corrected chi connectivity index (χ4v) is 1.28. The molecule has 1 heterocycles. The van der Waals surface area contributed by atoms with Gasteiger partial charge in [-0.05, 0) is 6.92 Å². The van der Waals surface area contributed by atoms with Crippen LogP contribution < -0.4 is 5.73 Å². The number of hydrogen-bond acceptors (Lipinski definition) is 5. The van der Waals surface area contributed by atoms with Gasteiger partial charge >= 0.3 is 5.97 Å². The zero-order valence-corrected chi connectivity index (χ0v) is 10.3. The van der Waals surface area contributed by atoms with Gasteiger partial charge in [0.15, 0.2) is 0 Å². The van der Waals surface area contributed by atoms with Crippen molar-refractivity contribution in [3.63, 3.8) is 0 Å². The van der Waals surface area contributed by atoms with Gasteiger partial charge < -0.3 is 10.5 Å². The first-order chi connectivity index (χ1) is 7.27. The second-order valence-electron chi connectivity index (χ2n) is 4.63. The van der Waals surface area contributed by atoms with Crippen LogP contribution >= 0.6 is 0 Å². The van der Waals surface area contributed by atoms with Crippen molar-refractivity contribution in [2.45, 2.75) is 33.1 Å². The summed E-state index contributed by atoms with van der Waals surface area (Å²) in [5.74, 6) is 0.287. The molecule has 0 aliphatic heterocycles. The van der Waals surface area contributed by atoms with Crippen LogP contribution in [-0.4, -0.2) is 23.0 Å². The van der Waals surface area contributed by atoms with Gasteiger partial charge in [0.1, 0.15) is 17.2 Å². The molecule has 1 rings (SSSR count). The van der Waals surface area contributed by atoms with Gasteiger partial charge in [-0.25, -0.2) is 14.8 Å². The van der Waals surface area contributed by atoms with Crippen molar-refractivity contribution in [1.82, 2.24) is 9.97 Å². The van der Waals surface area contributed by atoms with E-state index in [1.54, 1.807) is 6.92 Å². The summed E-state index contributed by atoms with van der Waals surface area (Å²) in [6.45, 7) is 7.68. The number of hydrogen-bond donors (Lipinski definition) is 1. The molecule has 0 radical (unpaired) electrons. The highest BCUT2D eigenvalue weighted by atomic mass is 16.5. The number of aromatic nitrogens is 2. The minimum atomic E-state index is -0.504. The van der Waals surface area contributed by atoms with Crippen molar-refractivity contribution in [2.24, 2.45) is 0 Å². The topological polar surface area (TPSA) is 78.1 Å². The van der Waals surface area contributed by atoms with E-state index in [0.29, 0.717) is 11.5 Å². The van der Waals surface area contributed by atoms with E-state index in [-0.39, 0.29) is 16.8 Å². The minimum absolute atomic E-state index is 0.171. The van der Waals surface area contributed by atoms with E-state index in [1.165, 1.54) is 7.11 Å². The van der Waals surface area contributed by atoms with Crippen molar-refractivity contribution >= 4 is 11.8 Å². The molecule has 0 saturated heterocycles. The first-order valence-electron chi connectivity index (χ1n) is 5.00. The van der Waals surface area contributed by atoms with Gasteiger partial charge in [0, 0.05) is 5.41 Å². The molecule has 0 atom stereocenters. The molecule has 0 bridgehead atoms. The quantitative estimate of drug-likeness (QED) is 0.729. The molecule has 0 unspecified atom stereocenters. The Kier molecular flexibility index (Phi) is 3.16. The second-order valence-corrected chi connectivity index (χ2v) is 4.63. The Balaban J connectivity index is 3.34. The molecule has 0 amide bonds. The highest BCUT2D eigenvalue weighted by molar-refractivity contribution is 5.95. The first kappa shape index (κ1) is 12.4. The fourth-order valence-electron chi connectivity index (χ4n) is 1.28. The van der Waals surface area contributed by atoms with Crippen LogP contribution in [0.4, 0.5) is 5.82 Å². The predicted octanol–water partition coefficient (Wildman–Crippen LogP) is 1.45. The van der Waals surface area contributed by atoms with Crippen LogP contribution in [0.15, 0.2) is 0 Å². The maximum Gasteiger partial charge on any atom is 0.343 e. The monoisotopic (exact) mass is 223 g/mol. The number of aryl methyl sites for hydroxylation is 1. The van der Waals surface area contributed by atoms with Crippen LogP contribution in [0.5, 0.6) is 0 Å². The number of carbonyl (C=O) groups is 1. The molecule has 1 aromatic rings. The molecule has 88 valence electrons. The summed E-state index contributed by atoms with van der Waals surface area (Å²) in [7, 11) is 1.30. The lowest BCUT2D eigenvalue weighted by Gasteiger charge is -2.18. The van der Waals surface area contributed by atoms with E-state index in [0.717, 1.165) is 0 Å². The zero-order chi connectivity index (χ0) is 12.5. The Labute approximate surface area is 95.0 Å². The standard InChI is InChI=1S/C11H17N3O2/c1-6-7(9(15)16-5)8(12)14-10(13-6)11(2,3)4/h1-5H3,(H2,12,13,14). The lowest BCUT2D eigenvalue weighted by atomic mass is 9.95. The van der Waals surface area contributed by atoms with Crippen LogP contribution in [0.1, 0.15) is 42.6 Å². The van der Waals surface area contributed by atoms with Crippen molar-refractivity contribution in [3.05, 3.63) is 17.1 Å². The molecule has 0 aliphatic rings. The van der Waals surface area contributed by atoms with Crippen LogP contribution in [0, 0.1) is 6.92 Å². The van der Waals surface area contributed by atoms with Crippen molar-refractivity contribution in [1.29, 1.82) is 0 Å². The Morgan fingerprint density at radius 3 is 2.25 bits per heavy atom. The summed E-state index contributed by atoms with van der Waals surface area (Å²) >= 11 is 0. The summed E-state index contributed by atoms with van der Waals surface area (Å²) < 4.78 is 4.62. The highest BCUT2D eigenvalue weighted by Gasteiger charge is 2.23.